The Morgan fingerprint density at radius 1 is 1.05 bits per heavy atom. The van der Waals surface area contributed by atoms with Crippen LogP contribution in [0.3, 0.4) is 0 Å². The number of fused-ring (bicyclic) bond motifs is 1. The van der Waals surface area contributed by atoms with Crippen molar-refractivity contribution in [2.75, 3.05) is 0 Å². The predicted octanol–water partition coefficient (Wildman–Crippen LogP) is 0.418. The number of aromatic nitrogens is 4. The molecule has 0 saturated heterocycles. The van der Waals surface area contributed by atoms with Crippen molar-refractivity contribution in [2.24, 2.45) is 7.05 Å². The van der Waals surface area contributed by atoms with Crippen molar-refractivity contribution in [3.8, 4) is 0 Å². The van der Waals surface area contributed by atoms with Crippen molar-refractivity contribution in [1.29, 1.82) is 0 Å². The lowest BCUT2D eigenvalue weighted by Gasteiger charge is -2.04. The van der Waals surface area contributed by atoms with E-state index < -0.39 is 16.9 Å². The van der Waals surface area contributed by atoms with E-state index in [-0.39, 0.29) is 17.7 Å². The van der Waals surface area contributed by atoms with Gasteiger partial charge in [0.2, 0.25) is 0 Å². The number of benzene rings is 1. The highest BCUT2D eigenvalue weighted by Crippen LogP contribution is 2.11. The fourth-order valence-electron chi connectivity index (χ4n) is 2.20. The predicted molar refractivity (Wildman–Crippen MR) is 79.0 cm³/mol. The van der Waals surface area contributed by atoms with Crippen LogP contribution in [0.4, 0.5) is 0 Å². The molecule has 0 spiro atoms. The molecular weight excluding hydrogens is 296 g/mol. The summed E-state index contributed by atoms with van der Waals surface area (Å²) in [4.78, 5) is 40.2. The van der Waals surface area contributed by atoms with Gasteiger partial charge in [-0.1, -0.05) is 23.7 Å². The normalized spacial score (nSPS) is 11.1. The summed E-state index contributed by atoms with van der Waals surface area (Å²) in [7, 11) is 1.48. The first-order valence-corrected chi connectivity index (χ1v) is 6.51. The Morgan fingerprint density at radius 2 is 1.71 bits per heavy atom. The zero-order valence-electron chi connectivity index (χ0n) is 11.0. The molecule has 0 aliphatic heterocycles. The number of aromatic amines is 2. The number of H-pyrrole nitrogens is 2. The van der Waals surface area contributed by atoms with E-state index in [2.05, 4.69) is 9.97 Å². The first kappa shape index (κ1) is 13.4. The van der Waals surface area contributed by atoms with Crippen LogP contribution in [-0.2, 0) is 13.6 Å². The number of hydrogen-bond acceptors (Lipinski definition) is 3. The second kappa shape index (κ2) is 4.78. The first-order chi connectivity index (χ1) is 9.97. The molecule has 108 valence electrons. The van der Waals surface area contributed by atoms with Crippen molar-refractivity contribution < 1.29 is 0 Å². The van der Waals surface area contributed by atoms with E-state index in [0.717, 1.165) is 5.56 Å². The number of aryl methyl sites for hydroxylation is 1. The van der Waals surface area contributed by atoms with Gasteiger partial charge in [0.05, 0.1) is 6.54 Å². The van der Waals surface area contributed by atoms with Gasteiger partial charge in [0.25, 0.3) is 5.56 Å². The average molecular weight is 307 g/mol. The minimum atomic E-state index is -0.597. The lowest BCUT2D eigenvalue weighted by Crippen LogP contribution is -2.29. The summed E-state index contributed by atoms with van der Waals surface area (Å²) < 4.78 is 2.48. The highest BCUT2D eigenvalue weighted by molar-refractivity contribution is 6.30. The third kappa shape index (κ3) is 2.21. The van der Waals surface area contributed by atoms with Gasteiger partial charge in [0.1, 0.15) is 5.65 Å². The molecule has 2 N–H and O–H groups in total. The molecule has 21 heavy (non-hydrogen) atoms. The Balaban J connectivity index is 2.24. The molecule has 0 amide bonds. The summed E-state index contributed by atoms with van der Waals surface area (Å²) in [5.74, 6) is 0. The summed E-state index contributed by atoms with van der Waals surface area (Å²) in [6, 6.07) is 6.95. The van der Waals surface area contributed by atoms with Crippen molar-refractivity contribution in [3.63, 3.8) is 0 Å². The van der Waals surface area contributed by atoms with Gasteiger partial charge in [-0.05, 0) is 17.7 Å². The molecule has 3 aromatic rings. The van der Waals surface area contributed by atoms with Crippen LogP contribution in [0.15, 0.2) is 38.6 Å². The Hall–Kier alpha value is -2.54. The molecular formula is C13H11ClN4O3. The van der Waals surface area contributed by atoms with Crippen LogP contribution in [0.5, 0.6) is 0 Å². The van der Waals surface area contributed by atoms with Gasteiger partial charge in [-0.15, -0.1) is 0 Å². The number of nitrogens with one attached hydrogen (secondary N) is 2. The summed E-state index contributed by atoms with van der Waals surface area (Å²) in [6.45, 7) is 0.206. The van der Waals surface area contributed by atoms with Gasteiger partial charge >= 0.3 is 11.4 Å². The molecule has 0 aliphatic rings. The van der Waals surface area contributed by atoms with Gasteiger partial charge in [-0.3, -0.25) is 23.9 Å². The van der Waals surface area contributed by atoms with Gasteiger partial charge in [-0.25, -0.2) is 9.59 Å². The Kier molecular flexibility index (Phi) is 3.06. The Bertz CT molecular complexity index is 991. The van der Waals surface area contributed by atoms with Gasteiger partial charge in [0, 0.05) is 12.1 Å². The van der Waals surface area contributed by atoms with Gasteiger partial charge in [0.15, 0.2) is 5.52 Å². The number of nitrogens with zero attached hydrogens (tertiary/aromatic N) is 2. The maximum absolute atomic E-state index is 12.0. The standard InChI is InChI=1S/C13H11ClN4O3/c1-17-10-9(11(19)16-12(17)20)18(13(21)15-10)6-7-2-4-8(14)5-3-7/h2-5H,6H2,1H3,(H,15,21)(H,16,19,20). The summed E-state index contributed by atoms with van der Waals surface area (Å²) in [5.41, 5.74) is -0.477. The monoisotopic (exact) mass is 306 g/mol. The fourth-order valence-corrected chi connectivity index (χ4v) is 2.32. The smallest absolute Gasteiger partial charge is 0.291 e. The molecule has 2 heterocycles. The van der Waals surface area contributed by atoms with Gasteiger partial charge in [-0.2, -0.15) is 0 Å². The maximum Gasteiger partial charge on any atom is 0.329 e. The molecule has 8 heteroatoms. The van der Waals surface area contributed by atoms with E-state index in [0.29, 0.717) is 5.02 Å². The third-order valence-electron chi connectivity index (χ3n) is 3.29. The number of rotatable bonds is 2. The van der Waals surface area contributed by atoms with Crippen LogP contribution >= 0.6 is 11.6 Å². The molecule has 0 saturated carbocycles. The molecule has 0 aliphatic carbocycles. The van der Waals surface area contributed by atoms with Crippen LogP contribution in [0.2, 0.25) is 5.02 Å². The second-order valence-corrected chi connectivity index (χ2v) is 5.09. The molecule has 2 aromatic heterocycles. The van der Waals surface area contributed by atoms with E-state index in [9.17, 15) is 14.4 Å². The minimum absolute atomic E-state index is 0.136. The highest BCUT2D eigenvalue weighted by Gasteiger charge is 2.14. The van der Waals surface area contributed by atoms with Crippen LogP contribution in [0.25, 0.3) is 11.2 Å². The number of hydrogen-bond donors (Lipinski definition) is 2. The van der Waals surface area contributed by atoms with Crippen LogP contribution < -0.4 is 16.9 Å². The number of imidazole rings is 1. The quantitative estimate of drug-likeness (QED) is 0.718. The molecule has 7 nitrogen and oxygen atoms in total. The van der Waals surface area contributed by atoms with Crippen molar-refractivity contribution >= 4 is 22.8 Å². The van der Waals surface area contributed by atoms with Crippen LogP contribution in [0.1, 0.15) is 5.56 Å². The first-order valence-electron chi connectivity index (χ1n) is 6.13. The van der Waals surface area contributed by atoms with Crippen molar-refractivity contribution in [3.05, 3.63) is 66.2 Å². The van der Waals surface area contributed by atoms with Crippen molar-refractivity contribution in [2.45, 2.75) is 6.54 Å². The Labute approximate surface area is 122 Å². The maximum atomic E-state index is 12.0. The lowest BCUT2D eigenvalue weighted by molar-refractivity contribution is 0.780. The van der Waals surface area contributed by atoms with Crippen LogP contribution in [0, 0.1) is 0 Å². The van der Waals surface area contributed by atoms with E-state index in [1.807, 2.05) is 0 Å². The van der Waals surface area contributed by atoms with Gasteiger partial charge < -0.3 is 0 Å². The summed E-state index contributed by atoms with van der Waals surface area (Å²) in [5, 5.41) is 0.588. The zero-order chi connectivity index (χ0) is 15.1. The Morgan fingerprint density at radius 3 is 2.38 bits per heavy atom. The molecule has 0 radical (unpaired) electrons. The van der Waals surface area contributed by atoms with E-state index >= 15 is 0 Å². The molecule has 0 fully saturated rings. The van der Waals surface area contributed by atoms with E-state index in [4.69, 9.17) is 11.6 Å². The SMILES string of the molecule is Cn1c(=O)[nH]c(=O)c2c1[nH]c(=O)n2Cc1ccc(Cl)cc1. The summed E-state index contributed by atoms with van der Waals surface area (Å²) >= 11 is 5.82. The van der Waals surface area contributed by atoms with E-state index in [1.165, 1.54) is 16.2 Å². The topological polar surface area (TPSA) is 92.7 Å². The molecule has 0 atom stereocenters. The molecule has 0 unspecified atom stereocenters. The van der Waals surface area contributed by atoms with Crippen molar-refractivity contribution in [1.82, 2.24) is 19.1 Å². The highest BCUT2D eigenvalue weighted by atomic mass is 35.5. The minimum Gasteiger partial charge on any atom is -0.291 e. The van der Waals surface area contributed by atoms with E-state index in [1.54, 1.807) is 24.3 Å². The largest absolute Gasteiger partial charge is 0.329 e. The molecule has 1 aromatic carbocycles. The average Bonchev–Trinajstić information content (AvgIpc) is 2.77. The third-order valence-corrected chi connectivity index (χ3v) is 3.55. The molecule has 3 rings (SSSR count). The summed E-state index contributed by atoms with van der Waals surface area (Å²) in [6.07, 6.45) is 0. The molecule has 0 bridgehead atoms. The fraction of sp³-hybridized carbons (Fsp3) is 0.154. The number of halogens is 1. The lowest BCUT2D eigenvalue weighted by atomic mass is 10.2. The second-order valence-electron chi connectivity index (χ2n) is 4.66. The zero-order valence-corrected chi connectivity index (χ0v) is 11.8. The van der Waals surface area contributed by atoms with Crippen LogP contribution in [-0.4, -0.2) is 19.1 Å².